The first-order chi connectivity index (χ1) is 37.9. The average molecular weight is 1260 g/mol. The number of rotatable bonds is 19. The van der Waals surface area contributed by atoms with Crippen LogP contribution in [-0.2, 0) is 66.2 Å². The molecule has 0 radical (unpaired) electrons. The quantitative estimate of drug-likeness (QED) is 0.0434. The number of ether oxygens (including phenoxy) is 2. The molecule has 4 aromatic rings. The second kappa shape index (κ2) is 31.4. The minimum atomic E-state index is -5.08. The number of nitrogens with one attached hydrogen (secondary N) is 4. The van der Waals surface area contributed by atoms with Gasteiger partial charge < -0.3 is 25.2 Å². The Hall–Kier alpha value is -5.49. The number of aliphatic carboxylic acids is 1. The van der Waals surface area contributed by atoms with E-state index in [4.69, 9.17) is 30.1 Å². The maximum Gasteiger partial charge on any atom is 0.490 e. The van der Waals surface area contributed by atoms with Crippen molar-refractivity contribution in [2.24, 2.45) is 5.92 Å². The third kappa shape index (κ3) is 27.3. The molecule has 0 unspecified atom stereocenters. The molecule has 0 bridgehead atoms. The summed E-state index contributed by atoms with van der Waals surface area (Å²) in [6.45, 7) is 10.8. The van der Waals surface area contributed by atoms with Crippen LogP contribution in [0.5, 0.6) is 0 Å². The number of alkyl halides is 3. The monoisotopic (exact) mass is 1260 g/mol. The van der Waals surface area contributed by atoms with E-state index in [0.29, 0.717) is 30.2 Å². The summed E-state index contributed by atoms with van der Waals surface area (Å²) in [7, 11) is -9.69. The Morgan fingerprint density at radius 2 is 0.976 bits per heavy atom. The number of carbonyl (C=O) groups is 3. The van der Waals surface area contributed by atoms with Gasteiger partial charge in [-0.1, -0.05) is 85.6 Å². The van der Waals surface area contributed by atoms with Crippen molar-refractivity contribution >= 4 is 68.0 Å². The summed E-state index contributed by atoms with van der Waals surface area (Å²) < 4.78 is 175. The molecule has 458 valence electrons. The second-order valence-corrected chi connectivity index (χ2v) is 29.3. The van der Waals surface area contributed by atoms with Gasteiger partial charge in [-0.2, -0.15) is 17.5 Å². The van der Waals surface area contributed by atoms with E-state index >= 15 is 0 Å². The molecule has 5 N–H and O–H groups in total. The van der Waals surface area contributed by atoms with Gasteiger partial charge in [-0.3, -0.25) is 0 Å². The molecule has 2 amide bonds. The summed E-state index contributed by atoms with van der Waals surface area (Å²) in [5.41, 5.74) is -0.996. The zero-order valence-electron chi connectivity index (χ0n) is 46.0. The Bertz CT molecular complexity index is 3150. The maximum absolute atomic E-state index is 14.3. The minimum absolute atomic E-state index is 0.0160. The van der Waals surface area contributed by atoms with Crippen molar-refractivity contribution in [1.29, 1.82) is 0 Å². The molecular formula is C53H71ClF5N5O14S4. The molecule has 6 rings (SSSR count). The Labute approximate surface area is 481 Å². The summed E-state index contributed by atoms with van der Waals surface area (Å²) in [5, 5.41) is 12.1. The molecular weight excluding hydrogens is 1190 g/mol. The van der Waals surface area contributed by atoms with E-state index in [1.54, 1.807) is 96.1 Å². The van der Waals surface area contributed by atoms with E-state index < -0.39 is 116 Å². The van der Waals surface area contributed by atoms with Crippen molar-refractivity contribution in [1.82, 2.24) is 24.4 Å². The fourth-order valence-corrected chi connectivity index (χ4v) is 13.4. The van der Waals surface area contributed by atoms with Crippen molar-refractivity contribution in [3.63, 3.8) is 0 Å². The van der Waals surface area contributed by atoms with E-state index in [1.165, 1.54) is 65.7 Å². The molecule has 1 saturated heterocycles. The topological polar surface area (TPSA) is 278 Å². The molecule has 29 heteroatoms. The summed E-state index contributed by atoms with van der Waals surface area (Å²) in [4.78, 5) is 33.6. The van der Waals surface area contributed by atoms with E-state index in [0.717, 1.165) is 12.8 Å². The van der Waals surface area contributed by atoms with Gasteiger partial charge in [-0.15, -0.1) is 0 Å². The van der Waals surface area contributed by atoms with Crippen LogP contribution in [0.3, 0.4) is 0 Å². The Balaban J connectivity index is 0.000000330. The van der Waals surface area contributed by atoms with Gasteiger partial charge in [-0.25, -0.2) is 66.3 Å². The highest BCUT2D eigenvalue weighted by molar-refractivity contribution is 8.13. The molecule has 2 fully saturated rings. The lowest BCUT2D eigenvalue weighted by molar-refractivity contribution is -0.192. The standard InChI is InChI=1S/C25H34FN3O6S2.C14H19ClFNO4S.C12H17NO2S.C2HF3O2/c1-25(2,3)35-24(30)28-20(16-19-10-7-8-14-23(19)26)18-36(31,32)29-15-9-11-21(29)17-27-37(33,34)22-12-5-4-6-13-22;1-14(2,3)21-13(18)17-11(9-22(15,19)20)8-10-6-4-5-7-12(10)16;14-16(15,12-8-2-1-3-9-12)13-10-11-6-4-5-7-11;3-2(4,5)1(6)7/h4-8,10,12-14,20-21,27H,9,11,15-18H2,1-3H3,(H,28,30);4-7,11H,8-9H2,1-3H3,(H,17,18);1-3,8-9,11,13H,4-7,10H2;(H,6,7)/t20-,21+;11-;;/m11../s1. The predicted octanol–water partition coefficient (Wildman–Crippen LogP) is 8.65. The van der Waals surface area contributed by atoms with Gasteiger partial charge in [0.2, 0.25) is 39.1 Å². The number of amides is 2. The van der Waals surface area contributed by atoms with Crippen molar-refractivity contribution in [3.05, 3.63) is 132 Å². The van der Waals surface area contributed by atoms with Crippen molar-refractivity contribution in [2.75, 3.05) is 31.1 Å². The number of alkyl carbamates (subject to hydrolysis) is 2. The number of carboxylic acid groups (broad SMARTS) is 1. The van der Waals surface area contributed by atoms with Gasteiger partial charge in [0.25, 0.3) is 0 Å². The first kappa shape index (κ1) is 70.8. The highest BCUT2D eigenvalue weighted by Crippen LogP contribution is 2.26. The van der Waals surface area contributed by atoms with E-state index in [1.807, 2.05) is 6.07 Å². The second-order valence-electron chi connectivity index (χ2n) is 21.0. The molecule has 0 spiro atoms. The SMILES string of the molecule is CC(C)(C)OC(=O)N[C@H](Cc1ccccc1F)CS(=O)(=O)Cl.CC(C)(C)OC(=O)N[C@H](Cc1ccccc1F)CS(=O)(=O)N1CCC[C@H]1CNS(=O)(=O)c1ccccc1.O=C(O)C(F)(F)F.O=S(=O)(NCC1CCCC1)c1ccccc1. The molecule has 1 aliphatic carbocycles. The lowest BCUT2D eigenvalue weighted by atomic mass is 10.1. The number of sulfonamides is 3. The van der Waals surface area contributed by atoms with Crippen molar-refractivity contribution < 1.29 is 84.6 Å². The van der Waals surface area contributed by atoms with Crippen LogP contribution in [0, 0.1) is 17.6 Å². The molecule has 3 atom stereocenters. The van der Waals surface area contributed by atoms with Crippen LogP contribution < -0.4 is 20.1 Å². The highest BCUT2D eigenvalue weighted by Gasteiger charge is 2.39. The van der Waals surface area contributed by atoms with Gasteiger partial charge in [0, 0.05) is 36.4 Å². The van der Waals surface area contributed by atoms with Crippen LogP contribution in [0.2, 0.25) is 0 Å². The fraction of sp³-hybridized carbons (Fsp3) is 0.491. The molecule has 1 aliphatic heterocycles. The number of carboxylic acids is 1. The molecule has 2 aliphatic rings. The number of halogens is 6. The van der Waals surface area contributed by atoms with Gasteiger partial charge in [-0.05, 0) is 134 Å². The zero-order chi connectivity index (χ0) is 61.7. The summed E-state index contributed by atoms with van der Waals surface area (Å²) >= 11 is 0. The molecule has 19 nitrogen and oxygen atoms in total. The maximum atomic E-state index is 14.3. The first-order valence-corrected chi connectivity index (χ1v) is 32.7. The van der Waals surface area contributed by atoms with Gasteiger partial charge in [0.05, 0.1) is 33.4 Å². The van der Waals surface area contributed by atoms with Crippen LogP contribution in [-0.4, -0.2) is 128 Å². The third-order valence-corrected chi connectivity index (χ3v) is 17.8. The highest BCUT2D eigenvalue weighted by atomic mass is 35.7. The van der Waals surface area contributed by atoms with Gasteiger partial charge >= 0.3 is 24.3 Å². The third-order valence-electron chi connectivity index (χ3n) is 11.7. The minimum Gasteiger partial charge on any atom is -0.475 e. The summed E-state index contributed by atoms with van der Waals surface area (Å²) in [5.74, 6) is -4.24. The molecule has 82 heavy (non-hydrogen) atoms. The van der Waals surface area contributed by atoms with Crippen LogP contribution >= 0.6 is 10.7 Å². The van der Waals surface area contributed by atoms with E-state index in [2.05, 4.69) is 20.1 Å². The van der Waals surface area contributed by atoms with Gasteiger partial charge in [0.1, 0.15) is 22.8 Å². The lowest BCUT2D eigenvalue weighted by Gasteiger charge is -2.28. The summed E-state index contributed by atoms with van der Waals surface area (Å²) in [6, 6.07) is 25.8. The van der Waals surface area contributed by atoms with E-state index in [9.17, 15) is 65.2 Å². The Morgan fingerprint density at radius 1 is 0.598 bits per heavy atom. The number of benzene rings is 4. The normalized spacial score (nSPS) is 16.1. The van der Waals surface area contributed by atoms with E-state index in [-0.39, 0.29) is 42.0 Å². The number of hydrogen-bond acceptors (Lipinski definition) is 13. The Morgan fingerprint density at radius 3 is 1.35 bits per heavy atom. The van der Waals surface area contributed by atoms with Gasteiger partial charge in [0.15, 0.2) is 0 Å². The van der Waals surface area contributed by atoms with Crippen LogP contribution in [0.1, 0.15) is 91.2 Å². The average Bonchev–Trinajstić information content (AvgIpc) is 4.29. The molecule has 1 heterocycles. The van der Waals surface area contributed by atoms with Crippen LogP contribution in [0.25, 0.3) is 0 Å². The Kier molecular flexibility index (Phi) is 27.1. The fourth-order valence-electron chi connectivity index (χ4n) is 8.09. The predicted molar refractivity (Wildman–Crippen MR) is 299 cm³/mol. The molecule has 4 aromatic carbocycles. The van der Waals surface area contributed by atoms with Crippen LogP contribution in [0.15, 0.2) is 119 Å². The molecule has 1 saturated carbocycles. The number of nitrogens with zero attached hydrogens (tertiary/aromatic N) is 1. The largest absolute Gasteiger partial charge is 0.490 e. The number of hydrogen-bond donors (Lipinski definition) is 5. The van der Waals surface area contributed by atoms with Crippen molar-refractivity contribution in [2.45, 2.75) is 138 Å². The summed E-state index contributed by atoms with van der Waals surface area (Å²) in [6.07, 6.45) is -0.943. The molecule has 0 aromatic heterocycles. The zero-order valence-corrected chi connectivity index (χ0v) is 50.0. The number of carbonyl (C=O) groups excluding carboxylic acids is 2. The lowest BCUT2D eigenvalue weighted by Crippen LogP contribution is -2.49. The smallest absolute Gasteiger partial charge is 0.475 e. The van der Waals surface area contributed by atoms with Crippen LogP contribution in [0.4, 0.5) is 31.5 Å². The first-order valence-electron chi connectivity index (χ1n) is 25.6. The van der Waals surface area contributed by atoms with Crippen molar-refractivity contribution in [3.8, 4) is 0 Å².